The minimum absolute atomic E-state index is 0. The molecule has 0 radical (unpaired) electrons. The van der Waals surface area contributed by atoms with Gasteiger partial charge in [0.2, 0.25) is 5.91 Å². The van der Waals surface area contributed by atoms with Gasteiger partial charge in [0.1, 0.15) is 0 Å². The molecule has 0 spiro atoms. The normalized spacial score (nSPS) is 13.1. The second kappa shape index (κ2) is 31.9. The van der Waals surface area contributed by atoms with E-state index in [1.165, 1.54) is 0 Å². The molecule has 0 aliphatic carbocycles. The van der Waals surface area contributed by atoms with Crippen LogP contribution in [0.25, 0.3) is 0 Å². The first kappa shape index (κ1) is 45.9. The van der Waals surface area contributed by atoms with Gasteiger partial charge in [-0.3, -0.25) is 24.4 Å². The third kappa shape index (κ3) is 36.6. The molecule has 2 atom stereocenters. The van der Waals surface area contributed by atoms with E-state index >= 15 is 0 Å². The fourth-order valence-corrected chi connectivity index (χ4v) is 3.67. The first-order valence-corrected chi connectivity index (χ1v) is 14.8. The molecule has 0 aromatic heterocycles. The first-order chi connectivity index (χ1) is 19.9. The van der Waals surface area contributed by atoms with Gasteiger partial charge in [-0.15, -0.1) is 0 Å². The van der Waals surface area contributed by atoms with Crippen LogP contribution in [0.2, 0.25) is 0 Å². The number of hydrogen-bond acceptors (Lipinski definition) is 10. The van der Waals surface area contributed by atoms with Crippen molar-refractivity contribution in [1.82, 2.24) is 15.1 Å². The predicted octanol–water partition coefficient (Wildman–Crippen LogP) is 0.635. The first-order valence-electron chi connectivity index (χ1n) is 14.8. The zero-order valence-corrected chi connectivity index (χ0v) is 28.9. The molecule has 12 nitrogen and oxygen atoms in total. The average molecular weight is 639 g/mol. The van der Waals surface area contributed by atoms with Crippen LogP contribution in [0.4, 0.5) is 0 Å². The number of carboxylic acid groups (broad SMARTS) is 2. The molecule has 13 heteroatoms. The van der Waals surface area contributed by atoms with Crippen molar-refractivity contribution in [2.45, 2.75) is 104 Å². The molecule has 0 saturated heterocycles. The molecule has 244 valence electrons. The molecule has 0 heterocycles. The number of hydrogen-bond donors (Lipinski definition) is 4. The van der Waals surface area contributed by atoms with E-state index in [1.807, 2.05) is 26.0 Å². The third-order valence-corrected chi connectivity index (χ3v) is 5.77. The van der Waals surface area contributed by atoms with Gasteiger partial charge in [-0.25, -0.2) is 0 Å². The van der Waals surface area contributed by atoms with E-state index in [4.69, 9.17) is 5.11 Å². The zero-order chi connectivity index (χ0) is 32.2. The maximum atomic E-state index is 11.7. The topological polar surface area (TPSA) is 189 Å². The van der Waals surface area contributed by atoms with Crippen molar-refractivity contribution < 1.29 is 39.9 Å². The number of aliphatic imine (C=N–C) groups is 1. The number of aliphatic hydroxyl groups is 2. The Morgan fingerprint density at radius 2 is 1.33 bits per heavy atom. The molecule has 0 saturated carbocycles. The quantitative estimate of drug-likeness (QED) is 0.0292. The van der Waals surface area contributed by atoms with Crippen molar-refractivity contribution in [1.29, 1.82) is 0 Å². The number of aliphatic hydroxyl groups excluding tert-OH is 2. The van der Waals surface area contributed by atoms with E-state index in [0.29, 0.717) is 25.9 Å². The van der Waals surface area contributed by atoms with E-state index in [1.54, 1.807) is 23.6 Å². The summed E-state index contributed by atoms with van der Waals surface area (Å²) in [6.45, 7) is 8.71. The number of nitrogens with zero attached hydrogens (tertiary/aromatic N) is 3. The number of rotatable bonds is 24. The second-order valence-corrected chi connectivity index (χ2v) is 10.2. The molecule has 0 aromatic carbocycles. The van der Waals surface area contributed by atoms with Gasteiger partial charge in [-0.2, -0.15) is 0 Å². The van der Waals surface area contributed by atoms with E-state index in [9.17, 15) is 34.8 Å². The van der Waals surface area contributed by atoms with Crippen LogP contribution in [0.3, 0.4) is 0 Å². The zero-order valence-electron chi connectivity index (χ0n) is 26.7. The molecular weight excluding hydrogens is 584 g/mol. The van der Waals surface area contributed by atoms with Crippen LogP contribution in [0.15, 0.2) is 29.3 Å². The Morgan fingerprint density at radius 3 is 1.81 bits per heavy atom. The van der Waals surface area contributed by atoms with Gasteiger partial charge in [0.25, 0.3) is 0 Å². The summed E-state index contributed by atoms with van der Waals surface area (Å²) < 4.78 is 0. The van der Waals surface area contributed by atoms with Crippen molar-refractivity contribution in [3.8, 4) is 0 Å². The Kier molecular flexibility index (Phi) is 34.0. The Labute approximate surface area is 287 Å². The number of carbonyl (C=O) groups is 3. The van der Waals surface area contributed by atoms with Crippen LogP contribution in [0.5, 0.6) is 0 Å². The summed E-state index contributed by atoms with van der Waals surface area (Å²) >= 11 is 0. The Hall–Kier alpha value is -1.54. The van der Waals surface area contributed by atoms with Crippen LogP contribution >= 0.6 is 0 Å². The van der Waals surface area contributed by atoms with E-state index < -0.39 is 24.1 Å². The van der Waals surface area contributed by atoms with E-state index in [2.05, 4.69) is 22.5 Å². The number of allylic oxidation sites excluding steroid dienone is 4. The van der Waals surface area contributed by atoms with Crippen LogP contribution in [0.1, 0.15) is 91.9 Å². The van der Waals surface area contributed by atoms with Crippen molar-refractivity contribution in [3.05, 3.63) is 24.3 Å². The fraction of sp³-hybridized carbons (Fsp3) is 0.733. The maximum absolute atomic E-state index is 11.7. The molecule has 0 fully saturated rings. The van der Waals surface area contributed by atoms with Crippen molar-refractivity contribution >= 4 is 61.5 Å². The van der Waals surface area contributed by atoms with Gasteiger partial charge >= 0.3 is 43.7 Å². The summed E-state index contributed by atoms with van der Waals surface area (Å²) in [6, 6.07) is 0. The largest absolute Gasteiger partial charge is 2.00 e. The number of nitrogens with one attached hydrogen (secondary N) is 1. The van der Waals surface area contributed by atoms with Crippen molar-refractivity contribution in [3.63, 3.8) is 0 Å². The standard InChI is InChI=1S/2C15H28N2O4.Ca/c2*1-3-4-5-6-7-8-14(19)16-12-17(11-13(2)18)10-9-15(20)21;/h2*3-4,13,18H,5-12H2,1-2H3,(H,16,19)(H,20,21);/q;;+2/p-2/b2*4-3+;. The molecule has 2 unspecified atom stereocenters. The summed E-state index contributed by atoms with van der Waals surface area (Å²) in [7, 11) is 0. The molecule has 0 bridgehead atoms. The molecule has 0 aromatic rings. The monoisotopic (exact) mass is 638 g/mol. The van der Waals surface area contributed by atoms with Crippen LogP contribution < -0.4 is 15.5 Å². The Balaban J connectivity index is -0.000000727. The molecule has 0 rings (SSSR count). The van der Waals surface area contributed by atoms with Crippen molar-refractivity contribution in [2.75, 3.05) is 39.5 Å². The number of amides is 1. The van der Waals surface area contributed by atoms with Gasteiger partial charge in [0.15, 0.2) is 0 Å². The minimum atomic E-state index is -1.15. The molecular formula is C30H54CaN4O8. The van der Waals surface area contributed by atoms with Gasteiger partial charge in [-0.1, -0.05) is 24.3 Å². The van der Waals surface area contributed by atoms with Gasteiger partial charge in [0, 0.05) is 38.6 Å². The van der Waals surface area contributed by atoms with Crippen LogP contribution in [0, 0.1) is 0 Å². The smallest absolute Gasteiger partial charge is 0.862 e. The fourth-order valence-electron chi connectivity index (χ4n) is 3.67. The Bertz CT molecular complexity index is 807. The molecule has 43 heavy (non-hydrogen) atoms. The minimum Gasteiger partial charge on any atom is -0.862 e. The molecule has 4 N–H and O–H groups in total. The number of carboxylic acids is 2. The summed E-state index contributed by atoms with van der Waals surface area (Å²) in [5.74, 6) is -2.26. The number of unbranched alkanes of at least 4 members (excludes halogenated alkanes) is 4. The van der Waals surface area contributed by atoms with E-state index in [-0.39, 0.29) is 88.8 Å². The number of carbonyl (C=O) groups excluding carboxylic acids is 2. The Morgan fingerprint density at radius 1 is 0.814 bits per heavy atom. The maximum Gasteiger partial charge on any atom is 2.00 e. The molecule has 1 amide bonds. The van der Waals surface area contributed by atoms with Crippen LogP contribution in [-0.4, -0.2) is 138 Å². The summed E-state index contributed by atoms with van der Waals surface area (Å²) in [5.41, 5.74) is 0. The van der Waals surface area contributed by atoms with Crippen LogP contribution in [-0.2, 0) is 14.4 Å². The van der Waals surface area contributed by atoms with Gasteiger partial charge in [-0.05, 0) is 85.0 Å². The summed E-state index contributed by atoms with van der Waals surface area (Å²) in [6.07, 6.45) is 13.2. The molecule has 0 aliphatic rings. The van der Waals surface area contributed by atoms with Gasteiger partial charge < -0.3 is 35.6 Å². The second-order valence-electron chi connectivity index (χ2n) is 10.2. The van der Waals surface area contributed by atoms with Gasteiger partial charge in [0.05, 0.1) is 32.0 Å². The SMILES string of the molecule is C/C=C/CCCCC(=O)NCN(CCC(=O)O)CC(C)O.C/C=C/CCCCC([O-])=NCN(CCC(=O)[O-])CC(C)O.[Ca+2]. The number of aliphatic carboxylic acids is 2. The summed E-state index contributed by atoms with van der Waals surface area (Å²) in [5, 5.41) is 52.2. The van der Waals surface area contributed by atoms with E-state index in [0.717, 1.165) is 38.5 Å². The predicted molar refractivity (Wildman–Crippen MR) is 166 cm³/mol. The third-order valence-electron chi connectivity index (χ3n) is 5.77. The summed E-state index contributed by atoms with van der Waals surface area (Å²) in [4.78, 5) is 40.0. The molecule has 0 aliphatic heterocycles. The van der Waals surface area contributed by atoms with Crippen molar-refractivity contribution in [2.24, 2.45) is 4.99 Å². The average Bonchev–Trinajstić information content (AvgIpc) is 2.91.